The van der Waals surface area contributed by atoms with Crippen LogP contribution < -0.4 is 10.1 Å². The van der Waals surface area contributed by atoms with Gasteiger partial charge in [0.15, 0.2) is 0 Å². The Balaban J connectivity index is 1.72. The lowest BCUT2D eigenvalue weighted by molar-refractivity contribution is 0.397. The number of H-pyrrole nitrogens is 1. The van der Waals surface area contributed by atoms with E-state index in [4.69, 9.17) is 4.74 Å². The number of methoxy groups -OCH3 is 1. The van der Waals surface area contributed by atoms with Crippen LogP contribution >= 0.6 is 0 Å². The van der Waals surface area contributed by atoms with Gasteiger partial charge < -0.3 is 10.1 Å². The SMILES string of the molecule is COc1ccc(CNc2cn[nH]c2-c2ccccn2)cn1. The van der Waals surface area contributed by atoms with E-state index < -0.39 is 0 Å². The van der Waals surface area contributed by atoms with Gasteiger partial charge in [0, 0.05) is 25.0 Å². The maximum absolute atomic E-state index is 5.04. The molecule has 0 aliphatic rings. The van der Waals surface area contributed by atoms with E-state index in [-0.39, 0.29) is 0 Å². The number of anilines is 1. The van der Waals surface area contributed by atoms with Gasteiger partial charge in [-0.15, -0.1) is 0 Å². The van der Waals surface area contributed by atoms with Crippen molar-refractivity contribution in [2.24, 2.45) is 0 Å². The quantitative estimate of drug-likeness (QED) is 0.751. The molecule has 106 valence electrons. The average molecular weight is 281 g/mol. The van der Waals surface area contributed by atoms with E-state index in [1.807, 2.05) is 30.3 Å². The van der Waals surface area contributed by atoms with Gasteiger partial charge in [0.25, 0.3) is 0 Å². The standard InChI is InChI=1S/C15H15N5O/c1-21-14-6-5-11(9-18-14)8-17-13-10-19-20-15(13)12-4-2-3-7-16-12/h2-7,9-10,17H,8H2,1H3,(H,19,20). The highest BCUT2D eigenvalue weighted by atomic mass is 16.5. The Labute approximate surface area is 122 Å². The first-order valence-electron chi connectivity index (χ1n) is 6.54. The smallest absolute Gasteiger partial charge is 0.212 e. The third-order valence-corrected chi connectivity index (χ3v) is 3.05. The lowest BCUT2D eigenvalue weighted by Crippen LogP contribution is -2.01. The first-order chi connectivity index (χ1) is 10.4. The van der Waals surface area contributed by atoms with E-state index in [0.717, 1.165) is 22.6 Å². The number of rotatable bonds is 5. The average Bonchev–Trinajstić information content (AvgIpc) is 3.03. The van der Waals surface area contributed by atoms with Crippen LogP contribution in [-0.2, 0) is 6.54 Å². The molecule has 3 rings (SSSR count). The van der Waals surface area contributed by atoms with Crippen LogP contribution in [0.25, 0.3) is 11.4 Å². The van der Waals surface area contributed by atoms with Crippen molar-refractivity contribution in [1.29, 1.82) is 0 Å². The van der Waals surface area contributed by atoms with Crippen molar-refractivity contribution >= 4 is 5.69 Å². The Bertz CT molecular complexity index is 694. The van der Waals surface area contributed by atoms with E-state index in [1.165, 1.54) is 0 Å². The number of nitrogens with zero attached hydrogens (tertiary/aromatic N) is 3. The zero-order valence-corrected chi connectivity index (χ0v) is 11.6. The van der Waals surface area contributed by atoms with Crippen molar-refractivity contribution in [3.8, 4) is 17.3 Å². The summed E-state index contributed by atoms with van der Waals surface area (Å²) in [7, 11) is 1.60. The minimum Gasteiger partial charge on any atom is -0.481 e. The van der Waals surface area contributed by atoms with Crippen molar-refractivity contribution in [2.45, 2.75) is 6.54 Å². The van der Waals surface area contributed by atoms with E-state index >= 15 is 0 Å². The van der Waals surface area contributed by atoms with E-state index in [0.29, 0.717) is 12.4 Å². The predicted octanol–water partition coefficient (Wildman–Crippen LogP) is 2.49. The molecule has 0 atom stereocenters. The van der Waals surface area contributed by atoms with Crippen LogP contribution in [0.2, 0.25) is 0 Å². The molecule has 0 aromatic carbocycles. The molecule has 0 amide bonds. The molecule has 2 N–H and O–H groups in total. The fourth-order valence-corrected chi connectivity index (χ4v) is 1.96. The molecule has 3 heterocycles. The maximum Gasteiger partial charge on any atom is 0.212 e. The molecule has 21 heavy (non-hydrogen) atoms. The highest BCUT2D eigenvalue weighted by molar-refractivity contribution is 5.70. The molecular formula is C15H15N5O. The topological polar surface area (TPSA) is 75.7 Å². The maximum atomic E-state index is 5.04. The summed E-state index contributed by atoms with van der Waals surface area (Å²) >= 11 is 0. The van der Waals surface area contributed by atoms with Gasteiger partial charge in [-0.25, -0.2) is 4.98 Å². The molecule has 0 radical (unpaired) electrons. The van der Waals surface area contributed by atoms with E-state index in [9.17, 15) is 0 Å². The summed E-state index contributed by atoms with van der Waals surface area (Å²) in [5, 5.41) is 10.4. The molecule has 0 spiro atoms. The van der Waals surface area contributed by atoms with Crippen molar-refractivity contribution in [3.05, 3.63) is 54.5 Å². The fraction of sp³-hybridized carbons (Fsp3) is 0.133. The van der Waals surface area contributed by atoms with Crippen molar-refractivity contribution < 1.29 is 4.74 Å². The Hall–Kier alpha value is -2.89. The lowest BCUT2D eigenvalue weighted by Gasteiger charge is -2.07. The lowest BCUT2D eigenvalue weighted by atomic mass is 10.2. The second kappa shape index (κ2) is 6.04. The molecule has 0 aliphatic heterocycles. The van der Waals surface area contributed by atoms with Gasteiger partial charge in [-0.3, -0.25) is 10.1 Å². The van der Waals surface area contributed by atoms with Gasteiger partial charge >= 0.3 is 0 Å². The van der Waals surface area contributed by atoms with Gasteiger partial charge in [-0.05, 0) is 17.7 Å². The second-order valence-corrected chi connectivity index (χ2v) is 4.44. The molecule has 3 aromatic heterocycles. The number of nitrogens with one attached hydrogen (secondary N) is 2. The van der Waals surface area contributed by atoms with Crippen molar-refractivity contribution in [1.82, 2.24) is 20.2 Å². The number of hydrogen-bond acceptors (Lipinski definition) is 5. The van der Waals surface area contributed by atoms with Crippen LogP contribution in [-0.4, -0.2) is 27.3 Å². The highest BCUT2D eigenvalue weighted by Crippen LogP contribution is 2.23. The summed E-state index contributed by atoms with van der Waals surface area (Å²) in [6.07, 6.45) is 5.29. The van der Waals surface area contributed by atoms with Crippen molar-refractivity contribution in [2.75, 3.05) is 12.4 Å². The van der Waals surface area contributed by atoms with Crippen LogP contribution in [0.4, 0.5) is 5.69 Å². The first kappa shape index (κ1) is 13.1. The Morgan fingerprint density at radius 1 is 1.14 bits per heavy atom. The summed E-state index contributed by atoms with van der Waals surface area (Å²) in [4.78, 5) is 8.50. The number of hydrogen-bond donors (Lipinski definition) is 2. The minimum atomic E-state index is 0.608. The molecule has 0 saturated heterocycles. The summed E-state index contributed by atoms with van der Waals surface area (Å²) in [5.74, 6) is 0.608. The van der Waals surface area contributed by atoms with Crippen LogP contribution in [0.3, 0.4) is 0 Å². The number of aromatic amines is 1. The van der Waals surface area contributed by atoms with Crippen LogP contribution in [0, 0.1) is 0 Å². The predicted molar refractivity (Wildman–Crippen MR) is 79.9 cm³/mol. The molecule has 0 saturated carbocycles. The molecule has 0 fully saturated rings. The van der Waals surface area contributed by atoms with Gasteiger partial charge in [0.2, 0.25) is 5.88 Å². The summed E-state index contributed by atoms with van der Waals surface area (Å²) in [6.45, 7) is 0.649. The summed E-state index contributed by atoms with van der Waals surface area (Å²) < 4.78 is 5.04. The fourth-order valence-electron chi connectivity index (χ4n) is 1.96. The van der Waals surface area contributed by atoms with Crippen LogP contribution in [0.5, 0.6) is 5.88 Å². The highest BCUT2D eigenvalue weighted by Gasteiger charge is 2.08. The molecule has 3 aromatic rings. The largest absolute Gasteiger partial charge is 0.481 e. The number of pyridine rings is 2. The molecule has 0 unspecified atom stereocenters. The Morgan fingerprint density at radius 3 is 2.81 bits per heavy atom. The molecule has 0 bridgehead atoms. The number of aromatic nitrogens is 4. The van der Waals surface area contributed by atoms with E-state index in [2.05, 4.69) is 25.5 Å². The van der Waals surface area contributed by atoms with Gasteiger partial charge in [-0.2, -0.15) is 5.10 Å². The Morgan fingerprint density at radius 2 is 2.10 bits per heavy atom. The zero-order chi connectivity index (χ0) is 14.5. The summed E-state index contributed by atoms with van der Waals surface area (Å²) in [5.41, 5.74) is 3.69. The number of ether oxygens (including phenoxy) is 1. The third-order valence-electron chi connectivity index (χ3n) is 3.05. The molecule has 6 nitrogen and oxygen atoms in total. The normalized spacial score (nSPS) is 10.3. The first-order valence-corrected chi connectivity index (χ1v) is 6.54. The van der Waals surface area contributed by atoms with Gasteiger partial charge in [0.1, 0.15) is 5.69 Å². The van der Waals surface area contributed by atoms with Crippen molar-refractivity contribution in [3.63, 3.8) is 0 Å². The summed E-state index contributed by atoms with van der Waals surface area (Å²) in [6, 6.07) is 9.58. The molecule has 0 aliphatic carbocycles. The Kier molecular flexibility index (Phi) is 3.77. The van der Waals surface area contributed by atoms with Gasteiger partial charge in [0.05, 0.1) is 24.7 Å². The third kappa shape index (κ3) is 3.00. The van der Waals surface area contributed by atoms with Gasteiger partial charge in [-0.1, -0.05) is 12.1 Å². The monoisotopic (exact) mass is 281 g/mol. The molecular weight excluding hydrogens is 266 g/mol. The molecule has 6 heteroatoms. The minimum absolute atomic E-state index is 0.608. The van der Waals surface area contributed by atoms with E-state index in [1.54, 1.807) is 25.7 Å². The zero-order valence-electron chi connectivity index (χ0n) is 11.6. The van der Waals surface area contributed by atoms with Crippen LogP contribution in [0.1, 0.15) is 5.56 Å². The van der Waals surface area contributed by atoms with Crippen LogP contribution in [0.15, 0.2) is 48.9 Å². The second-order valence-electron chi connectivity index (χ2n) is 4.44.